The lowest BCUT2D eigenvalue weighted by molar-refractivity contribution is 0.881. The van der Waals surface area contributed by atoms with Crippen LogP contribution in [0.15, 0.2) is 55.1 Å². The molecule has 1 aromatic carbocycles. The molecule has 0 aliphatic rings. The van der Waals surface area contributed by atoms with Crippen molar-refractivity contribution in [2.75, 3.05) is 0 Å². The van der Waals surface area contributed by atoms with Gasteiger partial charge < -0.3 is 0 Å². The molecule has 0 saturated heterocycles. The second-order valence-corrected chi connectivity index (χ2v) is 4.46. The van der Waals surface area contributed by atoms with Crippen LogP contribution in [-0.4, -0.2) is 19.7 Å². The summed E-state index contributed by atoms with van der Waals surface area (Å²) in [6.07, 6.45) is 10.4. The van der Waals surface area contributed by atoms with E-state index >= 15 is 0 Å². The summed E-state index contributed by atoms with van der Waals surface area (Å²) < 4.78 is 1.69. The lowest BCUT2D eigenvalue weighted by atomic mass is 10.3. The van der Waals surface area contributed by atoms with Crippen molar-refractivity contribution in [3.05, 3.63) is 71.5 Å². The van der Waals surface area contributed by atoms with Gasteiger partial charge in [-0.15, -0.1) is 12.4 Å². The molecule has 4 nitrogen and oxygen atoms in total. The van der Waals surface area contributed by atoms with E-state index in [9.17, 15) is 0 Å². The molecule has 0 bridgehead atoms. The maximum absolute atomic E-state index is 6.34. The highest BCUT2D eigenvalue weighted by atomic mass is 35.5. The van der Waals surface area contributed by atoms with E-state index in [0.717, 1.165) is 16.9 Å². The molecule has 2 aromatic heterocycles. The first kappa shape index (κ1) is 15.2. The third-order valence-corrected chi connectivity index (χ3v) is 3.13. The van der Waals surface area contributed by atoms with Crippen molar-refractivity contribution in [3.63, 3.8) is 0 Å². The number of aromatic nitrogens is 4. The minimum Gasteiger partial charge on any atom is -0.261 e. The van der Waals surface area contributed by atoms with E-state index in [4.69, 9.17) is 11.6 Å². The number of halogens is 2. The lowest BCUT2D eigenvalue weighted by Gasteiger charge is -2.01. The van der Waals surface area contributed by atoms with Gasteiger partial charge in [0.05, 0.1) is 23.8 Å². The zero-order valence-electron chi connectivity index (χ0n) is 10.9. The zero-order valence-corrected chi connectivity index (χ0v) is 12.5. The van der Waals surface area contributed by atoms with Crippen molar-refractivity contribution in [1.82, 2.24) is 19.7 Å². The summed E-state index contributed by atoms with van der Waals surface area (Å²) in [7, 11) is 0. The normalized spacial score (nSPS) is 10.5. The number of rotatable bonds is 3. The minimum atomic E-state index is 0. The van der Waals surface area contributed by atoms with Gasteiger partial charge in [-0.2, -0.15) is 5.10 Å². The van der Waals surface area contributed by atoms with E-state index in [1.54, 1.807) is 29.5 Å². The van der Waals surface area contributed by atoms with Gasteiger partial charge in [0.2, 0.25) is 0 Å². The van der Waals surface area contributed by atoms with E-state index in [0.29, 0.717) is 5.15 Å². The van der Waals surface area contributed by atoms with Crippen molar-refractivity contribution in [2.24, 2.45) is 0 Å². The van der Waals surface area contributed by atoms with Gasteiger partial charge in [-0.25, -0.2) is 4.68 Å². The Labute approximate surface area is 133 Å². The molecule has 0 unspecified atom stereocenters. The molecular weight excluding hydrogens is 307 g/mol. The van der Waals surface area contributed by atoms with Crippen molar-refractivity contribution >= 4 is 36.2 Å². The number of benzene rings is 1. The SMILES string of the molecule is Cl.Clc1c(/C=C/c2cnccn2)cnn1-c1ccccc1. The molecule has 3 aromatic rings. The van der Waals surface area contributed by atoms with E-state index in [1.807, 2.05) is 42.5 Å². The van der Waals surface area contributed by atoms with Crippen LogP contribution in [0.1, 0.15) is 11.3 Å². The largest absolute Gasteiger partial charge is 0.261 e. The molecule has 0 spiro atoms. The van der Waals surface area contributed by atoms with Crippen LogP contribution in [-0.2, 0) is 0 Å². The van der Waals surface area contributed by atoms with Gasteiger partial charge in [0.15, 0.2) is 0 Å². The number of hydrogen-bond acceptors (Lipinski definition) is 3. The van der Waals surface area contributed by atoms with Crippen LogP contribution in [0.5, 0.6) is 0 Å². The Kier molecular flexibility index (Phi) is 5.09. The van der Waals surface area contributed by atoms with Crippen LogP contribution in [0.2, 0.25) is 5.15 Å². The Morgan fingerprint density at radius 3 is 2.52 bits per heavy atom. The maximum atomic E-state index is 6.34. The van der Waals surface area contributed by atoms with Crippen LogP contribution < -0.4 is 0 Å². The van der Waals surface area contributed by atoms with Gasteiger partial charge in [0.1, 0.15) is 5.15 Å². The highest BCUT2D eigenvalue weighted by Gasteiger charge is 2.07. The molecule has 0 saturated carbocycles. The van der Waals surface area contributed by atoms with E-state index in [1.165, 1.54) is 0 Å². The van der Waals surface area contributed by atoms with Crippen LogP contribution in [0.25, 0.3) is 17.8 Å². The van der Waals surface area contributed by atoms with E-state index in [-0.39, 0.29) is 12.4 Å². The topological polar surface area (TPSA) is 43.6 Å². The Bertz CT molecular complexity index is 724. The first-order valence-electron chi connectivity index (χ1n) is 6.07. The second kappa shape index (κ2) is 7.02. The Hall–Kier alpha value is -2.17. The highest BCUT2D eigenvalue weighted by molar-refractivity contribution is 6.31. The lowest BCUT2D eigenvalue weighted by Crippen LogP contribution is -1.95. The smallest absolute Gasteiger partial charge is 0.140 e. The summed E-state index contributed by atoms with van der Waals surface area (Å²) in [6, 6.07) is 9.75. The molecule has 0 amide bonds. The van der Waals surface area contributed by atoms with Crippen molar-refractivity contribution < 1.29 is 0 Å². The Balaban J connectivity index is 0.00000161. The van der Waals surface area contributed by atoms with Crippen molar-refractivity contribution in [1.29, 1.82) is 0 Å². The fourth-order valence-electron chi connectivity index (χ4n) is 1.78. The number of para-hydroxylation sites is 1. The average molecular weight is 319 g/mol. The number of nitrogens with zero attached hydrogens (tertiary/aromatic N) is 4. The van der Waals surface area contributed by atoms with Crippen LogP contribution >= 0.6 is 24.0 Å². The average Bonchev–Trinajstić information content (AvgIpc) is 2.88. The third-order valence-electron chi connectivity index (χ3n) is 2.75. The first-order chi connectivity index (χ1) is 9.84. The van der Waals surface area contributed by atoms with E-state index in [2.05, 4.69) is 15.1 Å². The summed E-state index contributed by atoms with van der Waals surface area (Å²) in [4.78, 5) is 8.17. The number of hydrogen-bond donors (Lipinski definition) is 0. The first-order valence-corrected chi connectivity index (χ1v) is 6.45. The molecule has 0 N–H and O–H groups in total. The molecule has 0 aliphatic carbocycles. The summed E-state index contributed by atoms with van der Waals surface area (Å²) in [5.41, 5.74) is 2.54. The molecule has 106 valence electrons. The highest BCUT2D eigenvalue weighted by Crippen LogP contribution is 2.21. The molecule has 0 fully saturated rings. The fourth-order valence-corrected chi connectivity index (χ4v) is 2.03. The monoisotopic (exact) mass is 318 g/mol. The van der Waals surface area contributed by atoms with Crippen LogP contribution in [0.4, 0.5) is 0 Å². The molecule has 21 heavy (non-hydrogen) atoms. The summed E-state index contributed by atoms with van der Waals surface area (Å²) in [6.45, 7) is 0. The Morgan fingerprint density at radius 1 is 1.00 bits per heavy atom. The summed E-state index contributed by atoms with van der Waals surface area (Å²) >= 11 is 6.34. The predicted octanol–water partition coefficient (Wildman–Crippen LogP) is 3.91. The standard InChI is InChI=1S/C15H11ClN4.ClH/c16-15-12(6-7-13-11-17-8-9-18-13)10-19-20(15)14-4-2-1-3-5-14;/h1-11H;1H/b7-6+;. The van der Waals surface area contributed by atoms with Gasteiger partial charge in [-0.05, 0) is 24.3 Å². The van der Waals surface area contributed by atoms with Crippen molar-refractivity contribution in [3.8, 4) is 5.69 Å². The summed E-state index contributed by atoms with van der Waals surface area (Å²) in [5, 5.41) is 4.86. The zero-order chi connectivity index (χ0) is 13.8. The Morgan fingerprint density at radius 2 is 1.81 bits per heavy atom. The van der Waals surface area contributed by atoms with Gasteiger partial charge in [0.25, 0.3) is 0 Å². The van der Waals surface area contributed by atoms with Gasteiger partial charge in [0, 0.05) is 18.0 Å². The quantitative estimate of drug-likeness (QED) is 0.735. The van der Waals surface area contributed by atoms with Crippen LogP contribution in [0, 0.1) is 0 Å². The molecule has 0 radical (unpaired) electrons. The van der Waals surface area contributed by atoms with Gasteiger partial charge in [-0.1, -0.05) is 29.8 Å². The third kappa shape index (κ3) is 3.48. The molecule has 0 atom stereocenters. The second-order valence-electron chi connectivity index (χ2n) is 4.10. The molecule has 0 aliphatic heterocycles. The maximum Gasteiger partial charge on any atom is 0.140 e. The van der Waals surface area contributed by atoms with Gasteiger partial charge >= 0.3 is 0 Å². The summed E-state index contributed by atoms with van der Waals surface area (Å²) in [5.74, 6) is 0. The minimum absolute atomic E-state index is 0. The van der Waals surface area contributed by atoms with Gasteiger partial charge in [-0.3, -0.25) is 9.97 Å². The van der Waals surface area contributed by atoms with E-state index < -0.39 is 0 Å². The van der Waals surface area contributed by atoms with Crippen LogP contribution in [0.3, 0.4) is 0 Å². The predicted molar refractivity (Wildman–Crippen MR) is 86.8 cm³/mol. The molecule has 2 heterocycles. The fraction of sp³-hybridized carbons (Fsp3) is 0. The molecule has 6 heteroatoms. The molecule has 3 rings (SSSR count). The van der Waals surface area contributed by atoms with Crippen molar-refractivity contribution in [2.45, 2.75) is 0 Å². The molecular formula is C15H12Cl2N4.